The van der Waals surface area contributed by atoms with Crippen LogP contribution in [0, 0.1) is 0 Å². The van der Waals surface area contributed by atoms with Crippen LogP contribution in [0.15, 0.2) is 182 Å². The van der Waals surface area contributed by atoms with Crippen molar-refractivity contribution in [1.29, 1.82) is 0 Å². The molecule has 0 aromatic heterocycles. The fourth-order valence-corrected chi connectivity index (χ4v) is 10.8. The molecule has 19 heteroatoms. The van der Waals surface area contributed by atoms with Crippen LogP contribution in [-0.2, 0) is 65.4 Å². The van der Waals surface area contributed by atoms with Gasteiger partial charge in [-0.25, -0.2) is 9.13 Å². The summed E-state index contributed by atoms with van der Waals surface area (Å²) in [6, 6.07) is 0. The van der Waals surface area contributed by atoms with Gasteiger partial charge in [0.05, 0.1) is 32.8 Å². The summed E-state index contributed by atoms with van der Waals surface area (Å²) in [5.41, 5.74) is 0. The summed E-state index contributed by atoms with van der Waals surface area (Å²) in [6.45, 7) is 4.26. The number of hydrogen-bond acceptors (Lipinski definition) is 15. The minimum Gasteiger partial charge on any atom is -0.462 e. The predicted octanol–water partition coefficient (Wildman–Crippen LogP) is 22.0. The number of hydrogen-bond donors (Lipinski definition) is 3. The van der Waals surface area contributed by atoms with Gasteiger partial charge in [0.15, 0.2) is 12.2 Å². The second kappa shape index (κ2) is 73.5. The van der Waals surface area contributed by atoms with Gasteiger partial charge in [0.1, 0.15) is 19.3 Å². The molecular weight excluding hydrogens is 1330 g/mol. The van der Waals surface area contributed by atoms with Crippen LogP contribution in [0.4, 0.5) is 0 Å². The number of phosphoric acid groups is 2. The van der Waals surface area contributed by atoms with Crippen molar-refractivity contribution in [3.8, 4) is 0 Å². The Morgan fingerprint density at radius 3 is 0.931 bits per heavy atom. The maximum absolute atomic E-state index is 13.1. The SMILES string of the molecule is CC/C=C\C/C=C\C/C=C\C/C=C\C/C=C\C/C=C\CCC(=O)OCC(COP(=O)(O)OCC(O)COP(=O)(O)OCC(COC(=O)CCCCCC/C=C\C/C=C\C/C=C\C/C=C\CC)OC(=O)C/C=C\C/C=C\C/C=C\C/C=C\C/C=C\CC)OC(=O)CCCCCCCCCCCCC. The van der Waals surface area contributed by atoms with E-state index in [0.717, 1.165) is 135 Å². The molecule has 0 saturated carbocycles. The quantitative estimate of drug-likeness (QED) is 0.0169. The summed E-state index contributed by atoms with van der Waals surface area (Å²) >= 11 is 0. The molecule has 0 bridgehead atoms. The number of aliphatic hydroxyl groups is 1. The average Bonchev–Trinajstić information content (AvgIpc) is 0.926. The molecule has 0 fully saturated rings. The Morgan fingerprint density at radius 1 is 0.294 bits per heavy atom. The van der Waals surface area contributed by atoms with E-state index in [1.54, 1.807) is 12.2 Å². The fourth-order valence-electron chi connectivity index (χ4n) is 9.25. The summed E-state index contributed by atoms with van der Waals surface area (Å²) < 4.78 is 68.2. The highest BCUT2D eigenvalue weighted by Gasteiger charge is 2.30. The summed E-state index contributed by atoms with van der Waals surface area (Å²) in [5, 5.41) is 10.6. The van der Waals surface area contributed by atoms with E-state index in [-0.39, 0.29) is 25.7 Å². The lowest BCUT2D eigenvalue weighted by Gasteiger charge is -2.21. The maximum Gasteiger partial charge on any atom is 0.472 e. The molecule has 0 amide bonds. The zero-order valence-electron chi connectivity index (χ0n) is 62.7. The molecule has 5 unspecified atom stereocenters. The Bertz CT molecular complexity index is 2650. The van der Waals surface area contributed by atoms with E-state index in [1.165, 1.54) is 38.5 Å². The van der Waals surface area contributed by atoms with Crippen molar-refractivity contribution in [2.24, 2.45) is 0 Å². The number of unbranched alkanes of at least 4 members (excludes halogenated alkanes) is 14. The molecule has 0 aliphatic rings. The van der Waals surface area contributed by atoms with Crippen LogP contribution in [0.3, 0.4) is 0 Å². The van der Waals surface area contributed by atoms with Gasteiger partial charge in [-0.1, -0.05) is 287 Å². The van der Waals surface area contributed by atoms with Crippen molar-refractivity contribution >= 4 is 39.5 Å². The molecular formula is C83H132O17P2. The maximum atomic E-state index is 13.1. The van der Waals surface area contributed by atoms with Gasteiger partial charge >= 0.3 is 39.5 Å². The van der Waals surface area contributed by atoms with Gasteiger partial charge in [0.2, 0.25) is 0 Å². The van der Waals surface area contributed by atoms with E-state index >= 15 is 0 Å². The molecule has 17 nitrogen and oxygen atoms in total. The molecule has 576 valence electrons. The molecule has 0 spiro atoms. The molecule has 0 aromatic carbocycles. The Kier molecular flexibility index (Phi) is 69.3. The van der Waals surface area contributed by atoms with Gasteiger partial charge in [-0.15, -0.1) is 0 Å². The fraction of sp³-hybridized carbons (Fsp3) is 0.590. The van der Waals surface area contributed by atoms with Crippen LogP contribution in [0.25, 0.3) is 0 Å². The first-order chi connectivity index (χ1) is 49.7. The molecule has 0 radical (unpaired) electrons. The number of aliphatic hydroxyl groups excluding tert-OH is 1. The van der Waals surface area contributed by atoms with Crippen molar-refractivity contribution in [3.05, 3.63) is 182 Å². The molecule has 0 aliphatic heterocycles. The minimum atomic E-state index is -5.02. The van der Waals surface area contributed by atoms with Crippen LogP contribution in [0.2, 0.25) is 0 Å². The molecule has 0 rings (SSSR count). The van der Waals surface area contributed by atoms with E-state index < -0.39 is 97.5 Å². The lowest BCUT2D eigenvalue weighted by atomic mass is 10.1. The summed E-state index contributed by atoms with van der Waals surface area (Å²) in [6.07, 6.45) is 88.0. The zero-order valence-corrected chi connectivity index (χ0v) is 64.5. The molecule has 5 atom stereocenters. The van der Waals surface area contributed by atoms with E-state index in [9.17, 15) is 43.2 Å². The monoisotopic (exact) mass is 1460 g/mol. The molecule has 0 saturated heterocycles. The topological polar surface area (TPSA) is 237 Å². The lowest BCUT2D eigenvalue weighted by molar-refractivity contribution is -0.161. The third-order valence-electron chi connectivity index (χ3n) is 14.9. The van der Waals surface area contributed by atoms with Crippen LogP contribution >= 0.6 is 15.6 Å². The van der Waals surface area contributed by atoms with Crippen molar-refractivity contribution in [2.75, 3.05) is 39.6 Å². The number of carbonyl (C=O) groups excluding carboxylic acids is 4. The Labute approximate surface area is 615 Å². The first-order valence-electron chi connectivity index (χ1n) is 38.0. The number of allylic oxidation sites excluding steroid dienone is 29. The van der Waals surface area contributed by atoms with Gasteiger partial charge in [-0.3, -0.25) is 37.3 Å². The normalized spacial score (nSPS) is 14.9. The number of esters is 4. The number of ether oxygens (including phenoxy) is 4. The van der Waals surface area contributed by atoms with E-state index in [1.807, 2.05) is 30.4 Å². The molecule has 0 heterocycles. The van der Waals surface area contributed by atoms with Gasteiger partial charge in [0.25, 0.3) is 0 Å². The van der Waals surface area contributed by atoms with Crippen molar-refractivity contribution in [3.63, 3.8) is 0 Å². The summed E-state index contributed by atoms with van der Waals surface area (Å²) in [4.78, 5) is 72.7. The molecule has 3 N–H and O–H groups in total. The molecule has 102 heavy (non-hydrogen) atoms. The Morgan fingerprint density at radius 2 is 0.569 bits per heavy atom. The smallest absolute Gasteiger partial charge is 0.462 e. The highest BCUT2D eigenvalue weighted by atomic mass is 31.2. The second-order valence-electron chi connectivity index (χ2n) is 24.5. The lowest BCUT2D eigenvalue weighted by Crippen LogP contribution is -2.30. The highest BCUT2D eigenvalue weighted by Crippen LogP contribution is 2.45. The third kappa shape index (κ3) is 72.5. The number of rotatable bonds is 69. The van der Waals surface area contributed by atoms with Gasteiger partial charge in [-0.2, -0.15) is 0 Å². The van der Waals surface area contributed by atoms with Gasteiger partial charge in [0, 0.05) is 19.3 Å². The van der Waals surface area contributed by atoms with E-state index in [0.29, 0.717) is 32.1 Å². The minimum absolute atomic E-state index is 0.0291. The number of phosphoric ester groups is 2. The zero-order chi connectivity index (χ0) is 74.6. The Hall–Kier alpha value is -5.84. The van der Waals surface area contributed by atoms with Crippen molar-refractivity contribution in [2.45, 2.75) is 277 Å². The largest absolute Gasteiger partial charge is 0.472 e. The third-order valence-corrected chi connectivity index (χ3v) is 16.8. The first-order valence-corrected chi connectivity index (χ1v) is 41.0. The summed E-state index contributed by atoms with van der Waals surface area (Å²) in [5.74, 6) is -2.47. The molecule has 0 aromatic rings. The predicted molar refractivity (Wildman–Crippen MR) is 417 cm³/mol. The van der Waals surface area contributed by atoms with Crippen molar-refractivity contribution < 1.29 is 80.2 Å². The highest BCUT2D eigenvalue weighted by molar-refractivity contribution is 7.47. The Balaban J connectivity index is 5.49. The van der Waals surface area contributed by atoms with Crippen LogP contribution < -0.4 is 0 Å². The van der Waals surface area contributed by atoms with E-state index in [4.69, 9.17) is 37.0 Å². The van der Waals surface area contributed by atoms with E-state index in [2.05, 4.69) is 167 Å². The average molecular weight is 1460 g/mol. The first kappa shape index (κ1) is 96.2. The second-order valence-corrected chi connectivity index (χ2v) is 27.4. The van der Waals surface area contributed by atoms with Gasteiger partial charge in [-0.05, 0) is 128 Å². The summed E-state index contributed by atoms with van der Waals surface area (Å²) in [7, 11) is -10.0. The van der Waals surface area contributed by atoms with Crippen LogP contribution in [0.1, 0.15) is 259 Å². The van der Waals surface area contributed by atoms with Crippen LogP contribution in [0.5, 0.6) is 0 Å². The standard InChI is InChI=1S/C83H132O17P2/c1-5-9-13-17-21-25-29-32-35-37-38-40-43-45-49-52-56-60-64-68-80(85)93-73-78(99-82(87)69-65-61-57-53-47-28-24-20-16-12-8-4)75-97-101(89,90)95-71-77(84)72-96-102(91,92)98-76-79(100-83(88)70-66-62-58-54-50-46-41-34-31-27-23-19-15-11-7-3)74-94-81(86)67-63-59-55-51-48-44-42-39-36-33-30-26-22-18-14-10-6-2/h9-11,13-15,21-23,25-27,32-36,38,40-42,44-45,49-50,54,56,60,62,66,77-79,84H,5-8,12,16-20,24,28-31,37,39,43,46-48,51-53,55,57-59,61,63-65,67-76H2,1-4H3,(H,89,90)(H,91,92)/b13-9-,14-10-,15-11-,25-21-,26-22-,27-23-,35-32-,36-33-,40-38-,41-34-,44-42-,49-45-,54-50-,60-56-,66-62-. The number of carbonyl (C=O) groups is 4. The molecule has 0 aliphatic carbocycles. The van der Waals surface area contributed by atoms with Gasteiger partial charge < -0.3 is 33.8 Å². The van der Waals surface area contributed by atoms with Crippen molar-refractivity contribution in [1.82, 2.24) is 0 Å². The van der Waals surface area contributed by atoms with Crippen LogP contribution in [-0.4, -0.2) is 96.7 Å².